The maximum absolute atomic E-state index is 10.3. The van der Waals surface area contributed by atoms with Gasteiger partial charge in [0.25, 0.3) is 0 Å². The highest BCUT2D eigenvalue weighted by Crippen LogP contribution is 2.00. The van der Waals surface area contributed by atoms with Crippen molar-refractivity contribution >= 4 is 11.1 Å². The Labute approximate surface area is 57.6 Å². The van der Waals surface area contributed by atoms with E-state index in [0.717, 1.165) is 0 Å². The molecule has 2 atom stereocenters. The van der Waals surface area contributed by atoms with E-state index in [2.05, 4.69) is 13.2 Å². The van der Waals surface area contributed by atoms with Crippen LogP contribution in [0.5, 0.6) is 0 Å². The van der Waals surface area contributed by atoms with Crippen LogP contribution in [0.15, 0.2) is 25.3 Å². The van der Waals surface area contributed by atoms with E-state index >= 15 is 0 Å². The van der Waals surface area contributed by atoms with Crippen LogP contribution >= 0.6 is 0 Å². The van der Waals surface area contributed by atoms with Crippen molar-refractivity contribution in [1.82, 2.24) is 0 Å². The summed E-state index contributed by atoms with van der Waals surface area (Å²) in [4.78, 5) is 0. The van der Waals surface area contributed by atoms with Gasteiger partial charge in [0.2, 0.25) is 0 Å². The Bertz CT molecular complexity index is 131. The van der Waals surface area contributed by atoms with Crippen LogP contribution in [0, 0.1) is 0 Å². The molecule has 0 aliphatic heterocycles. The van der Waals surface area contributed by atoms with E-state index in [1.807, 2.05) is 0 Å². The second-order valence-corrected chi connectivity index (χ2v) is 2.73. The molecule has 2 unspecified atom stereocenters. The summed E-state index contributed by atoms with van der Waals surface area (Å²) in [5.41, 5.74) is 0. The van der Waals surface area contributed by atoms with Crippen molar-refractivity contribution in [3.05, 3.63) is 25.3 Å². The lowest BCUT2D eigenvalue weighted by molar-refractivity contribution is 0.556. The third-order valence-corrected chi connectivity index (χ3v) is 1.82. The zero-order valence-electron chi connectivity index (χ0n) is 5.12. The third-order valence-electron chi connectivity index (χ3n) is 0.921. The van der Waals surface area contributed by atoms with Crippen molar-refractivity contribution in [2.24, 2.45) is 0 Å². The molecule has 0 bridgehead atoms. The summed E-state index contributed by atoms with van der Waals surface area (Å²) in [6.45, 7) is 6.84. The average molecular weight is 146 g/mol. The molecule has 0 aromatic rings. The average Bonchev–Trinajstić information content (AvgIpc) is 1.82. The van der Waals surface area contributed by atoms with Crippen molar-refractivity contribution in [2.45, 2.75) is 11.7 Å². The van der Waals surface area contributed by atoms with E-state index in [4.69, 9.17) is 4.55 Å². The molecule has 9 heavy (non-hydrogen) atoms. The lowest BCUT2D eigenvalue weighted by Crippen LogP contribution is -2.08. The SMILES string of the molecule is C=CCC(C=C)S(=O)O. The first-order chi connectivity index (χ1) is 4.22. The van der Waals surface area contributed by atoms with Crippen LogP contribution in [-0.2, 0) is 11.1 Å². The molecule has 3 heteroatoms. The summed E-state index contributed by atoms with van der Waals surface area (Å²) in [6, 6.07) is 0. The van der Waals surface area contributed by atoms with E-state index in [1.54, 1.807) is 6.08 Å². The lowest BCUT2D eigenvalue weighted by atomic mass is 10.3. The van der Waals surface area contributed by atoms with Crippen molar-refractivity contribution in [3.63, 3.8) is 0 Å². The van der Waals surface area contributed by atoms with E-state index in [0.29, 0.717) is 6.42 Å². The molecule has 0 aliphatic rings. The number of rotatable bonds is 4. The van der Waals surface area contributed by atoms with Gasteiger partial charge in [0.05, 0.1) is 5.25 Å². The van der Waals surface area contributed by atoms with Gasteiger partial charge in [-0.3, -0.25) is 0 Å². The van der Waals surface area contributed by atoms with Gasteiger partial charge in [-0.05, 0) is 6.42 Å². The van der Waals surface area contributed by atoms with Crippen LogP contribution in [0.25, 0.3) is 0 Å². The molecule has 0 heterocycles. The van der Waals surface area contributed by atoms with Gasteiger partial charge in [0, 0.05) is 0 Å². The maximum Gasteiger partial charge on any atom is 0.160 e. The molecule has 0 amide bonds. The summed E-state index contributed by atoms with van der Waals surface area (Å²) in [5.74, 6) is 0. The molecule has 0 aromatic carbocycles. The van der Waals surface area contributed by atoms with Crippen molar-refractivity contribution in [1.29, 1.82) is 0 Å². The highest BCUT2D eigenvalue weighted by molar-refractivity contribution is 7.80. The van der Waals surface area contributed by atoms with Gasteiger partial charge in [0.1, 0.15) is 0 Å². The van der Waals surface area contributed by atoms with Gasteiger partial charge >= 0.3 is 0 Å². The monoisotopic (exact) mass is 146 g/mol. The van der Waals surface area contributed by atoms with E-state index in [9.17, 15) is 4.21 Å². The van der Waals surface area contributed by atoms with Crippen LogP contribution in [0.3, 0.4) is 0 Å². The minimum Gasteiger partial charge on any atom is -0.306 e. The largest absolute Gasteiger partial charge is 0.306 e. The van der Waals surface area contributed by atoms with Crippen molar-refractivity contribution in [3.8, 4) is 0 Å². The first-order valence-corrected chi connectivity index (χ1v) is 3.72. The summed E-state index contributed by atoms with van der Waals surface area (Å²) < 4.78 is 18.8. The molecule has 0 saturated heterocycles. The normalized spacial score (nSPS) is 16.1. The first-order valence-electron chi connectivity index (χ1n) is 2.55. The van der Waals surface area contributed by atoms with Gasteiger partial charge in [-0.2, -0.15) is 0 Å². The molecular formula is C6H10O2S. The number of hydrogen-bond donors (Lipinski definition) is 1. The quantitative estimate of drug-likeness (QED) is 0.480. The topological polar surface area (TPSA) is 37.3 Å². The fourth-order valence-electron chi connectivity index (χ4n) is 0.425. The molecule has 1 N–H and O–H groups in total. The highest BCUT2D eigenvalue weighted by Gasteiger charge is 2.06. The third kappa shape index (κ3) is 3.21. The van der Waals surface area contributed by atoms with Gasteiger partial charge in [0.15, 0.2) is 11.1 Å². The van der Waals surface area contributed by atoms with Crippen LogP contribution in [0.4, 0.5) is 0 Å². The minimum absolute atomic E-state index is 0.359. The van der Waals surface area contributed by atoms with E-state index in [-0.39, 0.29) is 5.25 Å². The van der Waals surface area contributed by atoms with Gasteiger partial charge in [-0.1, -0.05) is 12.2 Å². The highest BCUT2D eigenvalue weighted by atomic mass is 32.2. The Kier molecular flexibility index (Phi) is 4.26. The molecule has 0 rings (SSSR count). The zero-order valence-corrected chi connectivity index (χ0v) is 5.93. The number of hydrogen-bond acceptors (Lipinski definition) is 1. The lowest BCUT2D eigenvalue weighted by Gasteiger charge is -2.01. The smallest absolute Gasteiger partial charge is 0.160 e. The summed E-state index contributed by atoms with van der Waals surface area (Å²) in [7, 11) is 0. The Balaban J connectivity index is 3.81. The first kappa shape index (κ1) is 8.59. The predicted octanol–water partition coefficient (Wildman–Crippen LogP) is 1.34. The zero-order chi connectivity index (χ0) is 7.28. The second-order valence-electron chi connectivity index (χ2n) is 1.57. The van der Waals surface area contributed by atoms with E-state index < -0.39 is 11.1 Å². The number of allylic oxidation sites excluding steroid dienone is 1. The van der Waals surface area contributed by atoms with Crippen LogP contribution in [-0.4, -0.2) is 14.0 Å². The Morgan fingerprint density at radius 2 is 2.22 bits per heavy atom. The van der Waals surface area contributed by atoms with Crippen molar-refractivity contribution in [2.75, 3.05) is 0 Å². The van der Waals surface area contributed by atoms with Crippen molar-refractivity contribution < 1.29 is 8.76 Å². The standard InChI is InChI=1S/C6H10O2S/c1-3-5-6(4-2)9(7)8/h3-4,6H,1-2,5H2,(H,7,8). The van der Waals surface area contributed by atoms with Crippen LogP contribution in [0.2, 0.25) is 0 Å². The minimum atomic E-state index is -1.79. The fraction of sp³-hybridized carbons (Fsp3) is 0.333. The maximum atomic E-state index is 10.3. The van der Waals surface area contributed by atoms with Crippen LogP contribution < -0.4 is 0 Å². The molecule has 0 fully saturated rings. The predicted molar refractivity (Wildman–Crippen MR) is 39.6 cm³/mol. The Morgan fingerprint density at radius 1 is 1.67 bits per heavy atom. The van der Waals surface area contributed by atoms with E-state index in [1.165, 1.54) is 6.08 Å². The summed E-state index contributed by atoms with van der Waals surface area (Å²) in [6.07, 6.45) is 3.56. The molecular weight excluding hydrogens is 136 g/mol. The molecule has 0 spiro atoms. The molecule has 0 radical (unpaired) electrons. The molecule has 0 saturated carbocycles. The summed E-state index contributed by atoms with van der Waals surface area (Å²) >= 11 is -1.79. The van der Waals surface area contributed by atoms with Gasteiger partial charge in [-0.15, -0.1) is 13.2 Å². The molecule has 0 aromatic heterocycles. The Hall–Kier alpha value is -0.410. The van der Waals surface area contributed by atoms with Gasteiger partial charge < -0.3 is 4.55 Å². The Morgan fingerprint density at radius 3 is 2.33 bits per heavy atom. The second kappa shape index (κ2) is 4.47. The summed E-state index contributed by atoms with van der Waals surface area (Å²) in [5, 5.41) is -0.359. The van der Waals surface area contributed by atoms with Gasteiger partial charge in [-0.25, -0.2) is 4.21 Å². The molecule has 2 nitrogen and oxygen atoms in total. The fourth-order valence-corrected chi connectivity index (χ4v) is 0.890. The van der Waals surface area contributed by atoms with Crippen LogP contribution in [0.1, 0.15) is 6.42 Å². The molecule has 0 aliphatic carbocycles. The molecule has 52 valence electrons.